The fourth-order valence-corrected chi connectivity index (χ4v) is 2.95. The smallest absolute Gasteiger partial charge is 0.0610 e. The number of nitrogens with zero attached hydrogens (tertiary/aromatic N) is 1. The predicted octanol–water partition coefficient (Wildman–Crippen LogP) is 2.15. The van der Waals surface area contributed by atoms with Gasteiger partial charge in [-0.15, -0.1) is 0 Å². The van der Waals surface area contributed by atoms with Crippen molar-refractivity contribution in [2.24, 2.45) is 0 Å². The van der Waals surface area contributed by atoms with Crippen LogP contribution < -0.4 is 5.32 Å². The number of unbranched alkanes of at least 4 members (excludes halogenated alkanes) is 1. The van der Waals surface area contributed by atoms with Crippen LogP contribution in [0.25, 0.3) is 0 Å². The largest absolute Gasteiger partial charge is 0.394 e. The lowest BCUT2D eigenvalue weighted by atomic mass is 9.95. The van der Waals surface area contributed by atoms with Crippen molar-refractivity contribution >= 4 is 0 Å². The van der Waals surface area contributed by atoms with E-state index in [1.165, 1.54) is 64.6 Å². The molecule has 0 aromatic heterocycles. The van der Waals surface area contributed by atoms with Crippen LogP contribution in [0.4, 0.5) is 0 Å². The first-order valence-electron chi connectivity index (χ1n) is 7.83. The van der Waals surface area contributed by atoms with Gasteiger partial charge in [0.25, 0.3) is 0 Å². The zero-order valence-electron chi connectivity index (χ0n) is 12.0. The highest BCUT2D eigenvalue weighted by Gasteiger charge is 2.31. The molecule has 0 spiro atoms. The number of aliphatic hydroxyl groups is 1. The van der Waals surface area contributed by atoms with E-state index in [2.05, 4.69) is 17.1 Å². The van der Waals surface area contributed by atoms with Gasteiger partial charge in [0.1, 0.15) is 0 Å². The van der Waals surface area contributed by atoms with Gasteiger partial charge >= 0.3 is 0 Å². The standard InChI is InChI=1S/C15H30N2O/c1-15(13-18,16-14-7-8-14)9-3-6-12-17-10-4-2-5-11-17/h14,16,18H,2-13H2,1H3. The Labute approximate surface area is 112 Å². The quantitative estimate of drug-likeness (QED) is 0.652. The summed E-state index contributed by atoms with van der Waals surface area (Å²) in [6.45, 7) is 6.31. The average Bonchev–Trinajstić information content (AvgIpc) is 3.20. The van der Waals surface area contributed by atoms with Gasteiger partial charge in [-0.1, -0.05) is 12.8 Å². The van der Waals surface area contributed by atoms with Crippen molar-refractivity contribution in [3.63, 3.8) is 0 Å². The highest BCUT2D eigenvalue weighted by molar-refractivity contribution is 4.92. The normalized spacial score (nSPS) is 25.0. The Balaban J connectivity index is 1.57. The molecule has 0 bridgehead atoms. The van der Waals surface area contributed by atoms with Gasteiger partial charge in [0.05, 0.1) is 6.61 Å². The molecule has 0 radical (unpaired) electrons. The van der Waals surface area contributed by atoms with E-state index in [9.17, 15) is 5.11 Å². The number of hydrogen-bond donors (Lipinski definition) is 2. The van der Waals surface area contributed by atoms with E-state index in [1.54, 1.807) is 0 Å². The lowest BCUT2D eigenvalue weighted by molar-refractivity contribution is 0.157. The van der Waals surface area contributed by atoms with Gasteiger partial charge in [-0.2, -0.15) is 0 Å². The van der Waals surface area contributed by atoms with Crippen LogP contribution in [0.5, 0.6) is 0 Å². The van der Waals surface area contributed by atoms with E-state index in [0.717, 1.165) is 6.42 Å². The second kappa shape index (κ2) is 6.88. The maximum atomic E-state index is 9.54. The molecule has 0 amide bonds. The first-order chi connectivity index (χ1) is 8.72. The lowest BCUT2D eigenvalue weighted by Crippen LogP contribution is -2.47. The fraction of sp³-hybridized carbons (Fsp3) is 1.00. The minimum Gasteiger partial charge on any atom is -0.394 e. The van der Waals surface area contributed by atoms with Crippen LogP contribution in [0, 0.1) is 0 Å². The molecule has 2 N–H and O–H groups in total. The molecule has 2 fully saturated rings. The molecule has 0 aromatic carbocycles. The molecule has 1 aliphatic carbocycles. The van der Waals surface area contributed by atoms with Crippen molar-refractivity contribution in [3.05, 3.63) is 0 Å². The summed E-state index contributed by atoms with van der Waals surface area (Å²) in [6.07, 6.45) is 10.4. The van der Waals surface area contributed by atoms with Crippen molar-refractivity contribution in [2.75, 3.05) is 26.2 Å². The summed E-state index contributed by atoms with van der Waals surface area (Å²) >= 11 is 0. The molecule has 1 aliphatic heterocycles. The van der Waals surface area contributed by atoms with Crippen LogP contribution in [0.15, 0.2) is 0 Å². The molecule has 0 aromatic rings. The molecule has 3 heteroatoms. The zero-order chi connectivity index (χ0) is 12.8. The summed E-state index contributed by atoms with van der Waals surface area (Å²) in [6, 6.07) is 0.684. The van der Waals surface area contributed by atoms with E-state index in [-0.39, 0.29) is 12.1 Å². The van der Waals surface area contributed by atoms with E-state index in [0.29, 0.717) is 6.04 Å². The molecule has 1 saturated carbocycles. The summed E-state index contributed by atoms with van der Waals surface area (Å²) < 4.78 is 0. The van der Waals surface area contributed by atoms with Crippen molar-refractivity contribution in [3.8, 4) is 0 Å². The summed E-state index contributed by atoms with van der Waals surface area (Å²) in [4.78, 5) is 2.61. The van der Waals surface area contributed by atoms with E-state index >= 15 is 0 Å². The highest BCUT2D eigenvalue weighted by Crippen LogP contribution is 2.25. The zero-order valence-corrected chi connectivity index (χ0v) is 12.0. The van der Waals surface area contributed by atoms with E-state index < -0.39 is 0 Å². The number of piperidine rings is 1. The molecule has 1 unspecified atom stereocenters. The molecule has 1 saturated heterocycles. The molecule has 1 heterocycles. The molecule has 3 nitrogen and oxygen atoms in total. The number of hydrogen-bond acceptors (Lipinski definition) is 3. The monoisotopic (exact) mass is 254 g/mol. The van der Waals surface area contributed by atoms with Gasteiger partial charge in [0.2, 0.25) is 0 Å². The van der Waals surface area contributed by atoms with Gasteiger partial charge in [-0.25, -0.2) is 0 Å². The maximum Gasteiger partial charge on any atom is 0.0610 e. The molecule has 2 aliphatic rings. The van der Waals surface area contributed by atoms with Gasteiger partial charge in [-0.05, 0) is 65.1 Å². The van der Waals surface area contributed by atoms with Crippen LogP contribution >= 0.6 is 0 Å². The fourth-order valence-electron chi connectivity index (χ4n) is 2.95. The van der Waals surface area contributed by atoms with Crippen molar-refractivity contribution in [1.29, 1.82) is 0 Å². The second-order valence-electron chi connectivity index (χ2n) is 6.50. The van der Waals surface area contributed by atoms with Gasteiger partial charge in [0.15, 0.2) is 0 Å². The Bertz CT molecular complexity index is 237. The SMILES string of the molecule is CC(CO)(CCCCN1CCCCC1)NC1CC1. The third kappa shape index (κ3) is 4.87. The van der Waals surface area contributed by atoms with E-state index in [4.69, 9.17) is 0 Å². The van der Waals surface area contributed by atoms with Crippen molar-refractivity contribution in [1.82, 2.24) is 10.2 Å². The van der Waals surface area contributed by atoms with Gasteiger partial charge in [-0.3, -0.25) is 0 Å². The van der Waals surface area contributed by atoms with Crippen LogP contribution in [-0.4, -0.2) is 47.8 Å². The lowest BCUT2D eigenvalue weighted by Gasteiger charge is -2.30. The third-order valence-electron chi connectivity index (χ3n) is 4.38. The summed E-state index contributed by atoms with van der Waals surface area (Å²) in [5.41, 5.74) is -0.0386. The molecular formula is C15H30N2O. The molecule has 2 rings (SSSR count). The van der Waals surface area contributed by atoms with Crippen LogP contribution in [0.3, 0.4) is 0 Å². The average molecular weight is 254 g/mol. The minimum absolute atomic E-state index is 0.0386. The minimum atomic E-state index is -0.0386. The Morgan fingerprint density at radius 1 is 1.17 bits per heavy atom. The molecular weight excluding hydrogens is 224 g/mol. The van der Waals surface area contributed by atoms with Crippen LogP contribution in [0.1, 0.15) is 58.3 Å². The molecule has 1 atom stereocenters. The number of rotatable bonds is 8. The Morgan fingerprint density at radius 3 is 2.50 bits per heavy atom. The van der Waals surface area contributed by atoms with Crippen LogP contribution in [0.2, 0.25) is 0 Å². The molecule has 18 heavy (non-hydrogen) atoms. The van der Waals surface area contributed by atoms with Gasteiger partial charge in [0, 0.05) is 11.6 Å². The summed E-state index contributed by atoms with van der Waals surface area (Å²) in [5, 5.41) is 13.1. The Morgan fingerprint density at radius 2 is 1.89 bits per heavy atom. The topological polar surface area (TPSA) is 35.5 Å². The Kier molecular flexibility index (Phi) is 5.46. The maximum absolute atomic E-state index is 9.54. The molecule has 106 valence electrons. The van der Waals surface area contributed by atoms with Crippen LogP contribution in [-0.2, 0) is 0 Å². The summed E-state index contributed by atoms with van der Waals surface area (Å²) in [7, 11) is 0. The third-order valence-corrected chi connectivity index (χ3v) is 4.38. The van der Waals surface area contributed by atoms with Gasteiger partial charge < -0.3 is 15.3 Å². The Hall–Kier alpha value is -0.120. The van der Waals surface area contributed by atoms with E-state index in [1.807, 2.05) is 0 Å². The van der Waals surface area contributed by atoms with Crippen molar-refractivity contribution < 1.29 is 5.11 Å². The van der Waals surface area contributed by atoms with Crippen molar-refractivity contribution in [2.45, 2.75) is 69.9 Å². The first kappa shape index (κ1) is 14.3. The summed E-state index contributed by atoms with van der Waals surface area (Å²) in [5.74, 6) is 0. The second-order valence-corrected chi connectivity index (χ2v) is 6.50. The number of aliphatic hydroxyl groups excluding tert-OH is 1. The first-order valence-corrected chi connectivity index (χ1v) is 7.83. The number of nitrogens with one attached hydrogen (secondary N) is 1. The highest BCUT2D eigenvalue weighted by atomic mass is 16.3. The number of likely N-dealkylation sites (tertiary alicyclic amines) is 1. The predicted molar refractivity (Wildman–Crippen MR) is 75.8 cm³/mol.